The van der Waals surface area contributed by atoms with Crippen LogP contribution in [0.15, 0.2) is 22.1 Å². The maximum atomic E-state index is 12.6. The fourth-order valence-corrected chi connectivity index (χ4v) is 6.56. The third kappa shape index (κ3) is 3.91. The van der Waals surface area contributed by atoms with Crippen LogP contribution in [0.25, 0.3) is 21.8 Å². The quantitative estimate of drug-likeness (QED) is 0.227. The molecule has 14 nitrogen and oxygen atoms in total. The Hall–Kier alpha value is -2.54. The molecule has 31 heavy (non-hydrogen) atoms. The first-order chi connectivity index (χ1) is 14.5. The SMILES string of the molecule is Nc1ncc(-c2c([C@@H]3CNC[C@H]3N)cc(S(N)(=O)=O)c(S(N)(=O)=O)c2-c2nn[nH]n2)s1. The molecule has 1 fully saturated rings. The van der Waals surface area contributed by atoms with Crippen LogP contribution in [0.4, 0.5) is 5.13 Å². The summed E-state index contributed by atoms with van der Waals surface area (Å²) >= 11 is 1.06. The molecule has 0 saturated carbocycles. The standard InChI is InChI=1S/C14H18N10O4S3/c15-7-3-19-2-6(7)5-1-9(30(17,25)26)12(31(18,27)28)11(13-21-23-24-22-13)10(5)8-4-20-14(16)29-8/h1,4,6-7,19H,2-3,15H2,(H2,16,20)(H2,17,25,26)(H2,18,27,28)(H,21,22,23,24)/t6-,7+/m0/s1. The molecule has 2 aromatic heterocycles. The minimum absolute atomic E-state index is 0.180. The van der Waals surface area contributed by atoms with E-state index in [1.807, 2.05) is 0 Å². The zero-order valence-corrected chi connectivity index (χ0v) is 18.1. The molecule has 3 heterocycles. The van der Waals surface area contributed by atoms with E-state index in [1.54, 1.807) is 0 Å². The third-order valence-corrected chi connectivity index (χ3v) is 7.77. The molecule has 3 aromatic rings. The number of hydrogen-bond acceptors (Lipinski definition) is 12. The predicted octanol–water partition coefficient (Wildman–Crippen LogP) is -2.12. The Morgan fingerprint density at radius 2 is 1.84 bits per heavy atom. The Kier molecular flexibility index (Phi) is 5.28. The van der Waals surface area contributed by atoms with Gasteiger partial charge in [0.2, 0.25) is 25.9 Å². The van der Waals surface area contributed by atoms with Crippen LogP contribution < -0.4 is 27.1 Å². The average Bonchev–Trinajstić information content (AvgIpc) is 3.40. The van der Waals surface area contributed by atoms with Crippen molar-refractivity contribution in [3.05, 3.63) is 17.8 Å². The number of hydrogen-bond donors (Lipinski definition) is 6. The van der Waals surface area contributed by atoms with E-state index in [9.17, 15) is 16.8 Å². The number of nitrogens with zero attached hydrogens (tertiary/aromatic N) is 4. The Morgan fingerprint density at radius 1 is 1.10 bits per heavy atom. The summed E-state index contributed by atoms with van der Waals surface area (Å²) in [6.07, 6.45) is 1.43. The molecule has 0 aliphatic carbocycles. The van der Waals surface area contributed by atoms with Gasteiger partial charge in [-0.25, -0.2) is 32.1 Å². The molecule has 4 rings (SSSR count). The average molecular weight is 487 g/mol. The number of aromatic amines is 1. The minimum Gasteiger partial charge on any atom is -0.375 e. The van der Waals surface area contributed by atoms with Crippen molar-refractivity contribution in [3.63, 3.8) is 0 Å². The molecule has 10 N–H and O–H groups in total. The highest BCUT2D eigenvalue weighted by Gasteiger charge is 2.37. The van der Waals surface area contributed by atoms with Gasteiger partial charge in [0.15, 0.2) is 5.13 Å². The van der Waals surface area contributed by atoms with Gasteiger partial charge in [-0.05, 0) is 16.8 Å². The Balaban J connectivity index is 2.25. The number of benzene rings is 1. The summed E-state index contributed by atoms with van der Waals surface area (Å²) in [4.78, 5) is 3.03. The van der Waals surface area contributed by atoms with Crippen molar-refractivity contribution < 1.29 is 16.8 Å². The highest BCUT2D eigenvalue weighted by molar-refractivity contribution is 7.92. The molecule has 0 radical (unpaired) electrons. The first kappa shape index (κ1) is 21.7. The van der Waals surface area contributed by atoms with Crippen molar-refractivity contribution in [1.29, 1.82) is 0 Å². The van der Waals surface area contributed by atoms with E-state index in [0.29, 0.717) is 23.5 Å². The number of nitrogens with one attached hydrogen (secondary N) is 2. The van der Waals surface area contributed by atoms with E-state index in [4.69, 9.17) is 21.7 Å². The van der Waals surface area contributed by atoms with E-state index in [0.717, 1.165) is 11.3 Å². The van der Waals surface area contributed by atoms with E-state index in [-0.39, 0.29) is 28.0 Å². The molecule has 1 aromatic carbocycles. The van der Waals surface area contributed by atoms with Gasteiger partial charge >= 0.3 is 0 Å². The largest absolute Gasteiger partial charge is 0.375 e. The van der Waals surface area contributed by atoms with Crippen LogP contribution in [0.5, 0.6) is 0 Å². The molecular weight excluding hydrogens is 468 g/mol. The number of H-pyrrole nitrogens is 1. The number of primary sulfonamides is 2. The van der Waals surface area contributed by atoms with Crippen molar-refractivity contribution in [2.75, 3.05) is 18.8 Å². The van der Waals surface area contributed by atoms with Gasteiger partial charge in [0.1, 0.15) is 9.79 Å². The Morgan fingerprint density at radius 3 is 2.32 bits per heavy atom. The second-order valence-electron chi connectivity index (χ2n) is 6.86. The first-order valence-electron chi connectivity index (χ1n) is 8.66. The summed E-state index contributed by atoms with van der Waals surface area (Å²) in [6.45, 7) is 0.876. The number of sulfonamides is 2. The van der Waals surface area contributed by atoms with Crippen molar-refractivity contribution >= 4 is 36.5 Å². The van der Waals surface area contributed by atoms with Crippen LogP contribution >= 0.6 is 11.3 Å². The van der Waals surface area contributed by atoms with Gasteiger partial charge in [0.05, 0.1) is 10.4 Å². The van der Waals surface area contributed by atoms with E-state index in [1.165, 1.54) is 12.3 Å². The molecule has 166 valence electrons. The van der Waals surface area contributed by atoms with Gasteiger partial charge in [-0.1, -0.05) is 11.3 Å². The molecule has 1 aliphatic heterocycles. The number of nitrogen functional groups attached to an aromatic ring is 1. The highest BCUT2D eigenvalue weighted by Crippen LogP contribution is 2.46. The summed E-state index contributed by atoms with van der Waals surface area (Å²) in [7, 11) is -9.16. The monoisotopic (exact) mass is 486 g/mol. The predicted molar refractivity (Wildman–Crippen MR) is 111 cm³/mol. The topological polar surface area (TPSA) is 252 Å². The van der Waals surface area contributed by atoms with E-state index >= 15 is 0 Å². The molecule has 17 heteroatoms. The number of aromatic nitrogens is 5. The summed E-state index contributed by atoms with van der Waals surface area (Å²) in [5, 5.41) is 27.6. The molecule has 0 unspecified atom stereocenters. The Bertz CT molecular complexity index is 1350. The highest BCUT2D eigenvalue weighted by atomic mass is 32.2. The Labute approximate surface area is 180 Å². The van der Waals surface area contributed by atoms with Gasteiger partial charge in [-0.3, -0.25) is 0 Å². The minimum atomic E-state index is -4.63. The van der Waals surface area contributed by atoms with E-state index in [2.05, 4.69) is 30.9 Å². The number of rotatable bonds is 5. The van der Waals surface area contributed by atoms with Crippen LogP contribution in [-0.2, 0) is 20.0 Å². The van der Waals surface area contributed by atoms with Crippen LogP contribution in [-0.4, -0.2) is 61.6 Å². The first-order valence-corrected chi connectivity index (χ1v) is 12.6. The lowest BCUT2D eigenvalue weighted by atomic mass is 9.87. The third-order valence-electron chi connectivity index (χ3n) is 4.87. The lowest BCUT2D eigenvalue weighted by Crippen LogP contribution is -2.29. The fraction of sp³-hybridized carbons (Fsp3) is 0.286. The van der Waals surface area contributed by atoms with Crippen LogP contribution in [0.2, 0.25) is 0 Å². The van der Waals surface area contributed by atoms with Crippen molar-refractivity contribution in [3.8, 4) is 21.8 Å². The summed E-state index contributed by atoms with van der Waals surface area (Å²) in [6, 6.07) is 0.789. The van der Waals surface area contributed by atoms with Gasteiger partial charge in [-0.2, -0.15) is 5.21 Å². The number of thiazole rings is 1. The van der Waals surface area contributed by atoms with E-state index < -0.39 is 35.9 Å². The summed E-state index contributed by atoms with van der Waals surface area (Å²) in [5.41, 5.74) is 12.6. The molecule has 0 spiro atoms. The van der Waals surface area contributed by atoms with Crippen molar-refractivity contribution in [2.45, 2.75) is 21.8 Å². The molecule has 1 saturated heterocycles. The zero-order chi connectivity index (χ0) is 22.6. The van der Waals surface area contributed by atoms with Gasteiger partial charge in [0.25, 0.3) is 0 Å². The lowest BCUT2D eigenvalue weighted by molar-refractivity contribution is 0.583. The van der Waals surface area contributed by atoms with Crippen molar-refractivity contribution in [1.82, 2.24) is 30.9 Å². The maximum Gasteiger partial charge on any atom is 0.240 e. The van der Waals surface area contributed by atoms with Crippen LogP contribution in [0.3, 0.4) is 0 Å². The molecule has 0 bridgehead atoms. The molecular formula is C14H18N10O4S3. The van der Waals surface area contributed by atoms with Gasteiger partial charge in [0, 0.05) is 36.8 Å². The van der Waals surface area contributed by atoms with Crippen molar-refractivity contribution in [2.24, 2.45) is 16.0 Å². The second kappa shape index (κ2) is 7.55. The van der Waals surface area contributed by atoms with Crippen LogP contribution in [0.1, 0.15) is 11.5 Å². The van der Waals surface area contributed by atoms with Gasteiger partial charge in [-0.15, -0.1) is 10.2 Å². The number of nitrogens with two attached hydrogens (primary N) is 4. The normalized spacial score (nSPS) is 19.7. The zero-order valence-electron chi connectivity index (χ0n) is 15.7. The molecule has 2 atom stereocenters. The van der Waals surface area contributed by atoms with Gasteiger partial charge < -0.3 is 16.8 Å². The molecule has 0 amide bonds. The molecule has 1 aliphatic rings. The summed E-state index contributed by atoms with van der Waals surface area (Å²) < 4.78 is 50.1. The van der Waals surface area contributed by atoms with Crippen LogP contribution in [0, 0.1) is 0 Å². The second-order valence-corrected chi connectivity index (χ2v) is 11.0. The number of tetrazole rings is 1. The fourth-order valence-electron chi connectivity index (χ4n) is 3.64. The number of anilines is 1. The maximum absolute atomic E-state index is 12.6. The summed E-state index contributed by atoms with van der Waals surface area (Å²) in [5.74, 6) is -0.587. The smallest absolute Gasteiger partial charge is 0.240 e. The lowest BCUT2D eigenvalue weighted by Gasteiger charge is -2.23.